The maximum atomic E-state index is 4.75. The van der Waals surface area contributed by atoms with Crippen molar-refractivity contribution in [1.29, 1.82) is 0 Å². The molecule has 0 radical (unpaired) electrons. The molecule has 1 aliphatic rings. The number of aromatic nitrogens is 2. The number of nitrogens with one attached hydrogen (secondary N) is 1. The van der Waals surface area contributed by atoms with Crippen LogP contribution in [-0.4, -0.2) is 47.6 Å². The number of benzene rings is 1. The van der Waals surface area contributed by atoms with E-state index in [1.165, 1.54) is 11.1 Å². The van der Waals surface area contributed by atoms with Gasteiger partial charge in [0.25, 0.3) is 0 Å². The normalized spacial score (nSPS) is 16.1. The summed E-state index contributed by atoms with van der Waals surface area (Å²) in [5.41, 5.74) is 2.86. The molecule has 2 heterocycles. The van der Waals surface area contributed by atoms with Gasteiger partial charge in [-0.15, -0.1) is 0 Å². The summed E-state index contributed by atoms with van der Waals surface area (Å²) in [7, 11) is 4.12. The lowest BCUT2D eigenvalue weighted by atomic mass is 9.85. The minimum atomic E-state index is 0.0314. The minimum Gasteiger partial charge on any atom is -0.353 e. The minimum absolute atomic E-state index is 0.0314. The first-order valence-corrected chi connectivity index (χ1v) is 8.52. The molecule has 24 heavy (non-hydrogen) atoms. The van der Waals surface area contributed by atoms with Crippen LogP contribution < -0.4 is 10.2 Å². The van der Waals surface area contributed by atoms with Crippen LogP contribution in [0.2, 0.25) is 0 Å². The summed E-state index contributed by atoms with van der Waals surface area (Å²) in [5.74, 6) is 1.68. The Labute approximate surface area is 144 Å². The van der Waals surface area contributed by atoms with Crippen LogP contribution in [0, 0.1) is 0 Å². The van der Waals surface area contributed by atoms with E-state index in [0.29, 0.717) is 5.95 Å². The van der Waals surface area contributed by atoms with Crippen LogP contribution in [0.1, 0.15) is 25.0 Å². The summed E-state index contributed by atoms with van der Waals surface area (Å²) in [6.45, 7) is 7.24. The summed E-state index contributed by atoms with van der Waals surface area (Å²) in [4.78, 5) is 13.6. The third-order valence-corrected chi connectivity index (χ3v) is 4.56. The molecule has 0 unspecified atom stereocenters. The van der Waals surface area contributed by atoms with Crippen molar-refractivity contribution in [2.24, 2.45) is 0 Å². The molecule has 1 N–H and O–H groups in total. The van der Waals surface area contributed by atoms with Crippen LogP contribution in [0.4, 0.5) is 11.8 Å². The van der Waals surface area contributed by atoms with Crippen LogP contribution in [0.3, 0.4) is 0 Å². The summed E-state index contributed by atoms with van der Waals surface area (Å²) < 4.78 is 0. The first kappa shape index (κ1) is 16.7. The van der Waals surface area contributed by atoms with Crippen molar-refractivity contribution in [2.75, 3.05) is 37.4 Å². The Morgan fingerprint density at radius 1 is 1.17 bits per heavy atom. The van der Waals surface area contributed by atoms with Crippen molar-refractivity contribution in [3.05, 3.63) is 47.7 Å². The van der Waals surface area contributed by atoms with Gasteiger partial charge in [0.05, 0.1) is 0 Å². The van der Waals surface area contributed by atoms with Crippen LogP contribution in [0.15, 0.2) is 36.5 Å². The molecule has 5 heteroatoms. The standard InChI is InChI=1S/C19H27N5/c1-19(2)13-15-7-5-6-8-16(15)14-24(19)17-9-10-20-18(22-17)21-11-12-23(3)4/h5-10H,11-14H2,1-4H3,(H,20,21,22). The van der Waals surface area contributed by atoms with Crippen LogP contribution >= 0.6 is 0 Å². The largest absolute Gasteiger partial charge is 0.353 e. The Balaban J connectivity index is 1.80. The molecule has 0 saturated carbocycles. The van der Waals surface area contributed by atoms with Crippen LogP contribution in [0.5, 0.6) is 0 Å². The monoisotopic (exact) mass is 325 g/mol. The van der Waals surface area contributed by atoms with Gasteiger partial charge in [-0.3, -0.25) is 0 Å². The third-order valence-electron chi connectivity index (χ3n) is 4.56. The zero-order valence-electron chi connectivity index (χ0n) is 15.1. The van der Waals surface area contributed by atoms with Crippen molar-refractivity contribution >= 4 is 11.8 Å². The molecule has 0 fully saturated rings. The highest BCUT2D eigenvalue weighted by atomic mass is 15.3. The number of nitrogens with zero attached hydrogens (tertiary/aromatic N) is 4. The summed E-state index contributed by atoms with van der Waals surface area (Å²) >= 11 is 0. The van der Waals surface area contributed by atoms with E-state index in [2.05, 4.69) is 72.3 Å². The fraction of sp³-hybridized carbons (Fsp3) is 0.474. The smallest absolute Gasteiger partial charge is 0.224 e. The predicted octanol–water partition coefficient (Wildman–Crippen LogP) is 2.79. The number of hydrogen-bond acceptors (Lipinski definition) is 5. The van der Waals surface area contributed by atoms with Gasteiger partial charge in [0, 0.05) is 31.4 Å². The van der Waals surface area contributed by atoms with Gasteiger partial charge in [0.2, 0.25) is 5.95 Å². The summed E-state index contributed by atoms with van der Waals surface area (Å²) in [6.07, 6.45) is 2.87. The van der Waals surface area contributed by atoms with E-state index in [-0.39, 0.29) is 5.54 Å². The van der Waals surface area contributed by atoms with Crippen LogP contribution in [-0.2, 0) is 13.0 Å². The Bertz CT molecular complexity index is 696. The lowest BCUT2D eigenvalue weighted by Crippen LogP contribution is -2.49. The number of hydrogen-bond donors (Lipinski definition) is 1. The molecule has 0 aliphatic carbocycles. The van der Waals surface area contributed by atoms with E-state index in [4.69, 9.17) is 4.98 Å². The first-order chi connectivity index (χ1) is 11.5. The van der Waals surface area contributed by atoms with E-state index < -0.39 is 0 Å². The van der Waals surface area contributed by atoms with Gasteiger partial charge >= 0.3 is 0 Å². The van der Waals surface area contributed by atoms with E-state index in [0.717, 1.165) is 31.9 Å². The number of likely N-dealkylation sites (N-methyl/N-ethyl adjacent to an activating group) is 1. The zero-order chi connectivity index (χ0) is 17.2. The Morgan fingerprint density at radius 2 is 1.92 bits per heavy atom. The van der Waals surface area contributed by atoms with E-state index in [1.807, 2.05) is 12.3 Å². The molecule has 2 aromatic rings. The maximum absolute atomic E-state index is 4.75. The number of rotatable bonds is 5. The Hall–Kier alpha value is -2.14. The van der Waals surface area contributed by atoms with Gasteiger partial charge in [-0.2, -0.15) is 4.98 Å². The van der Waals surface area contributed by atoms with Crippen molar-refractivity contribution in [3.63, 3.8) is 0 Å². The zero-order valence-corrected chi connectivity index (χ0v) is 15.1. The molecular formula is C19H27N5. The molecule has 128 valence electrons. The quantitative estimate of drug-likeness (QED) is 0.916. The number of fused-ring (bicyclic) bond motifs is 1. The topological polar surface area (TPSA) is 44.3 Å². The fourth-order valence-electron chi connectivity index (χ4n) is 3.20. The van der Waals surface area contributed by atoms with Gasteiger partial charge in [-0.25, -0.2) is 4.98 Å². The van der Waals surface area contributed by atoms with Crippen molar-refractivity contribution in [3.8, 4) is 0 Å². The average molecular weight is 325 g/mol. The fourth-order valence-corrected chi connectivity index (χ4v) is 3.20. The van der Waals surface area contributed by atoms with E-state index in [9.17, 15) is 0 Å². The second-order valence-corrected chi connectivity index (χ2v) is 7.31. The van der Waals surface area contributed by atoms with Crippen molar-refractivity contribution in [2.45, 2.75) is 32.4 Å². The molecule has 1 aliphatic heterocycles. The van der Waals surface area contributed by atoms with E-state index in [1.54, 1.807) is 0 Å². The molecule has 0 atom stereocenters. The Kier molecular flexibility index (Phi) is 4.71. The van der Waals surface area contributed by atoms with Gasteiger partial charge in [-0.05, 0) is 51.6 Å². The first-order valence-electron chi connectivity index (χ1n) is 8.52. The molecule has 0 saturated heterocycles. The molecule has 0 amide bonds. The summed E-state index contributed by atoms with van der Waals surface area (Å²) in [6, 6.07) is 10.7. The average Bonchev–Trinajstić information content (AvgIpc) is 2.53. The molecule has 0 bridgehead atoms. The second kappa shape index (κ2) is 6.77. The SMILES string of the molecule is CN(C)CCNc1nccc(N2Cc3ccccc3CC2(C)C)n1. The lowest BCUT2D eigenvalue weighted by Gasteiger charge is -2.44. The van der Waals surface area contributed by atoms with Gasteiger partial charge in [0.15, 0.2) is 0 Å². The highest BCUT2D eigenvalue weighted by Gasteiger charge is 2.33. The van der Waals surface area contributed by atoms with Crippen LogP contribution in [0.25, 0.3) is 0 Å². The van der Waals surface area contributed by atoms with Crippen molar-refractivity contribution < 1.29 is 0 Å². The van der Waals surface area contributed by atoms with Gasteiger partial charge in [-0.1, -0.05) is 24.3 Å². The predicted molar refractivity (Wildman–Crippen MR) is 99.5 cm³/mol. The van der Waals surface area contributed by atoms with E-state index >= 15 is 0 Å². The van der Waals surface area contributed by atoms with Gasteiger partial charge < -0.3 is 15.1 Å². The molecular weight excluding hydrogens is 298 g/mol. The molecule has 0 spiro atoms. The molecule has 5 nitrogen and oxygen atoms in total. The van der Waals surface area contributed by atoms with Crippen molar-refractivity contribution in [1.82, 2.24) is 14.9 Å². The highest BCUT2D eigenvalue weighted by Crippen LogP contribution is 2.33. The molecule has 3 rings (SSSR count). The number of anilines is 2. The highest BCUT2D eigenvalue weighted by molar-refractivity contribution is 5.49. The third kappa shape index (κ3) is 3.67. The van der Waals surface area contributed by atoms with Gasteiger partial charge in [0.1, 0.15) is 5.82 Å². The Morgan fingerprint density at radius 3 is 2.67 bits per heavy atom. The summed E-state index contributed by atoms with van der Waals surface area (Å²) in [5, 5.41) is 3.31. The second-order valence-electron chi connectivity index (χ2n) is 7.31. The molecule has 1 aromatic carbocycles. The lowest BCUT2D eigenvalue weighted by molar-refractivity contribution is 0.424. The maximum Gasteiger partial charge on any atom is 0.224 e. The molecule has 1 aromatic heterocycles.